The minimum absolute atomic E-state index is 0.154. The molecule has 1 rings (SSSR count). The molecule has 1 aromatic carbocycles. The topological polar surface area (TPSA) is 69.1 Å². The van der Waals surface area contributed by atoms with Crippen molar-refractivity contribution in [3.8, 4) is 0 Å². The Morgan fingerprint density at radius 3 is 2.87 bits per heavy atom. The molecule has 0 aliphatic carbocycles. The second-order valence-electron chi connectivity index (χ2n) is 3.58. The molecule has 82 valence electrons. The molecule has 3 nitrogen and oxygen atoms in total. The van der Waals surface area contributed by atoms with E-state index in [0.717, 1.165) is 11.3 Å². The van der Waals surface area contributed by atoms with Crippen LogP contribution >= 0.6 is 11.8 Å². The maximum Gasteiger partial charge on any atom is 0.227 e. The van der Waals surface area contributed by atoms with Crippen LogP contribution in [0, 0.1) is 0 Å². The first-order valence-electron chi connectivity index (χ1n) is 4.83. The highest BCUT2D eigenvalue weighted by Crippen LogP contribution is 2.19. The average Bonchev–Trinajstić information content (AvgIpc) is 2.14. The Balaban J connectivity index is 2.61. The molecule has 0 unspecified atom stereocenters. The van der Waals surface area contributed by atoms with Crippen molar-refractivity contribution in [2.45, 2.75) is 24.3 Å². The predicted molar refractivity (Wildman–Crippen MR) is 63.7 cm³/mol. The third-order valence-corrected chi connectivity index (χ3v) is 2.85. The van der Waals surface area contributed by atoms with Gasteiger partial charge in [-0.05, 0) is 31.0 Å². The van der Waals surface area contributed by atoms with E-state index in [1.807, 2.05) is 25.1 Å². The van der Waals surface area contributed by atoms with Crippen molar-refractivity contribution < 1.29 is 4.79 Å². The van der Waals surface area contributed by atoms with Gasteiger partial charge in [0.15, 0.2) is 0 Å². The molecule has 0 fully saturated rings. The highest BCUT2D eigenvalue weighted by molar-refractivity contribution is 8.00. The Morgan fingerprint density at radius 2 is 2.27 bits per heavy atom. The first-order valence-corrected chi connectivity index (χ1v) is 5.82. The standard InChI is InChI=1S/C11H16N2OS/c1-8(12)5-9-3-2-4-10(6-9)15-7-11(13)14/h2-4,6,8H,5,7,12H2,1H3,(H2,13,14)/t8-/m0/s1. The van der Waals surface area contributed by atoms with E-state index in [4.69, 9.17) is 11.5 Å². The van der Waals surface area contributed by atoms with E-state index in [1.165, 1.54) is 17.3 Å². The maximum atomic E-state index is 10.6. The molecule has 0 saturated heterocycles. The van der Waals surface area contributed by atoms with Crippen molar-refractivity contribution in [1.29, 1.82) is 0 Å². The molecular formula is C11H16N2OS. The molecule has 0 aliphatic heterocycles. The van der Waals surface area contributed by atoms with E-state index < -0.39 is 0 Å². The van der Waals surface area contributed by atoms with Gasteiger partial charge in [0.25, 0.3) is 0 Å². The maximum absolute atomic E-state index is 10.6. The van der Waals surface area contributed by atoms with Gasteiger partial charge in [-0.3, -0.25) is 4.79 Å². The summed E-state index contributed by atoms with van der Waals surface area (Å²) < 4.78 is 0. The van der Waals surface area contributed by atoms with E-state index in [-0.39, 0.29) is 11.9 Å². The molecule has 4 heteroatoms. The fourth-order valence-electron chi connectivity index (χ4n) is 1.29. The molecular weight excluding hydrogens is 208 g/mol. The third-order valence-electron chi connectivity index (χ3n) is 1.84. The summed E-state index contributed by atoms with van der Waals surface area (Å²) in [6.07, 6.45) is 0.852. The Hall–Kier alpha value is -1.00. The van der Waals surface area contributed by atoms with Crippen LogP contribution < -0.4 is 11.5 Å². The Kier molecular flexibility index (Phi) is 4.65. The summed E-state index contributed by atoms with van der Waals surface area (Å²) in [6, 6.07) is 8.19. The number of benzene rings is 1. The zero-order chi connectivity index (χ0) is 11.3. The summed E-state index contributed by atoms with van der Waals surface area (Å²) in [6.45, 7) is 1.98. The third kappa shape index (κ3) is 4.85. The molecule has 4 N–H and O–H groups in total. The monoisotopic (exact) mass is 224 g/mol. The highest BCUT2D eigenvalue weighted by atomic mass is 32.2. The van der Waals surface area contributed by atoms with E-state index >= 15 is 0 Å². The number of amides is 1. The molecule has 0 saturated carbocycles. The van der Waals surface area contributed by atoms with Crippen molar-refractivity contribution in [3.63, 3.8) is 0 Å². The number of hydrogen-bond donors (Lipinski definition) is 2. The molecule has 0 spiro atoms. The van der Waals surface area contributed by atoms with Crippen LogP contribution in [0.5, 0.6) is 0 Å². The zero-order valence-electron chi connectivity index (χ0n) is 8.77. The molecule has 1 aromatic rings. The second-order valence-corrected chi connectivity index (χ2v) is 4.63. The van der Waals surface area contributed by atoms with E-state index in [0.29, 0.717) is 5.75 Å². The normalized spacial score (nSPS) is 12.4. The number of nitrogens with two attached hydrogens (primary N) is 2. The minimum Gasteiger partial charge on any atom is -0.369 e. The molecule has 15 heavy (non-hydrogen) atoms. The van der Waals surface area contributed by atoms with Crippen molar-refractivity contribution in [2.75, 3.05) is 5.75 Å². The Bertz CT molecular complexity index is 339. The summed E-state index contributed by atoms with van der Waals surface area (Å²) in [7, 11) is 0. The van der Waals surface area contributed by atoms with Gasteiger partial charge in [-0.1, -0.05) is 12.1 Å². The van der Waals surface area contributed by atoms with Gasteiger partial charge in [-0.25, -0.2) is 0 Å². The molecule has 1 amide bonds. The molecule has 0 aromatic heterocycles. The number of thioether (sulfide) groups is 1. The van der Waals surface area contributed by atoms with Gasteiger partial charge in [0.1, 0.15) is 0 Å². The van der Waals surface area contributed by atoms with Gasteiger partial charge >= 0.3 is 0 Å². The summed E-state index contributed by atoms with van der Waals surface area (Å²) in [4.78, 5) is 11.7. The lowest BCUT2D eigenvalue weighted by atomic mass is 10.1. The molecule has 0 heterocycles. The number of carbonyl (C=O) groups excluding carboxylic acids is 1. The first-order chi connectivity index (χ1) is 7.08. The van der Waals surface area contributed by atoms with Crippen LogP contribution in [0.1, 0.15) is 12.5 Å². The summed E-state index contributed by atoms with van der Waals surface area (Å²) in [5.41, 5.74) is 12.0. The van der Waals surface area contributed by atoms with Crippen LogP contribution in [0.4, 0.5) is 0 Å². The van der Waals surface area contributed by atoms with Gasteiger partial charge in [0, 0.05) is 10.9 Å². The van der Waals surface area contributed by atoms with Crippen LogP contribution in [0.25, 0.3) is 0 Å². The van der Waals surface area contributed by atoms with Gasteiger partial charge in [-0.2, -0.15) is 0 Å². The average molecular weight is 224 g/mol. The van der Waals surface area contributed by atoms with Gasteiger partial charge in [0.05, 0.1) is 5.75 Å². The summed E-state index contributed by atoms with van der Waals surface area (Å²) in [5, 5.41) is 0. The summed E-state index contributed by atoms with van der Waals surface area (Å²) >= 11 is 1.45. The predicted octanol–water partition coefficient (Wildman–Crippen LogP) is 1.15. The van der Waals surface area contributed by atoms with Gasteiger partial charge < -0.3 is 11.5 Å². The van der Waals surface area contributed by atoms with Crippen LogP contribution in [-0.4, -0.2) is 17.7 Å². The first kappa shape index (κ1) is 12.1. The van der Waals surface area contributed by atoms with Crippen LogP contribution in [0.3, 0.4) is 0 Å². The lowest BCUT2D eigenvalue weighted by Gasteiger charge is -2.06. The fraction of sp³-hybridized carbons (Fsp3) is 0.364. The van der Waals surface area contributed by atoms with Crippen LogP contribution in [0.2, 0.25) is 0 Å². The smallest absolute Gasteiger partial charge is 0.227 e. The quantitative estimate of drug-likeness (QED) is 0.737. The fourth-order valence-corrected chi connectivity index (χ4v) is 2.01. The van der Waals surface area contributed by atoms with Crippen LogP contribution in [0.15, 0.2) is 29.2 Å². The molecule has 0 bridgehead atoms. The lowest BCUT2D eigenvalue weighted by molar-refractivity contribution is -0.115. The molecule has 0 aliphatic rings. The van der Waals surface area contributed by atoms with Crippen molar-refractivity contribution in [2.24, 2.45) is 11.5 Å². The van der Waals surface area contributed by atoms with Crippen molar-refractivity contribution >= 4 is 17.7 Å². The van der Waals surface area contributed by atoms with Gasteiger partial charge in [0.2, 0.25) is 5.91 Å². The largest absolute Gasteiger partial charge is 0.369 e. The van der Waals surface area contributed by atoms with Crippen molar-refractivity contribution in [1.82, 2.24) is 0 Å². The van der Waals surface area contributed by atoms with E-state index in [1.54, 1.807) is 0 Å². The van der Waals surface area contributed by atoms with Crippen molar-refractivity contribution in [3.05, 3.63) is 29.8 Å². The number of rotatable bonds is 5. The Morgan fingerprint density at radius 1 is 1.53 bits per heavy atom. The minimum atomic E-state index is -0.294. The number of hydrogen-bond acceptors (Lipinski definition) is 3. The highest BCUT2D eigenvalue weighted by Gasteiger charge is 2.01. The molecule has 1 atom stereocenters. The number of carbonyl (C=O) groups is 1. The van der Waals surface area contributed by atoms with E-state index in [2.05, 4.69) is 6.07 Å². The SMILES string of the molecule is C[C@H](N)Cc1cccc(SCC(N)=O)c1. The zero-order valence-corrected chi connectivity index (χ0v) is 9.59. The lowest BCUT2D eigenvalue weighted by Crippen LogP contribution is -2.17. The van der Waals surface area contributed by atoms with E-state index in [9.17, 15) is 4.79 Å². The van der Waals surface area contributed by atoms with Gasteiger partial charge in [-0.15, -0.1) is 11.8 Å². The Labute approximate surface area is 94.2 Å². The summed E-state index contributed by atoms with van der Waals surface area (Å²) in [5.74, 6) is 0.0272. The number of primary amides is 1. The molecule has 0 radical (unpaired) electrons. The van der Waals surface area contributed by atoms with Crippen LogP contribution in [-0.2, 0) is 11.2 Å². The second kappa shape index (κ2) is 5.78.